The van der Waals surface area contributed by atoms with Gasteiger partial charge in [-0.05, 0) is 43.9 Å². The molecule has 1 rings (SSSR count). The van der Waals surface area contributed by atoms with Gasteiger partial charge in [0.05, 0.1) is 0 Å². The molecular formula is C20H31F3N2O5S2. The van der Waals surface area contributed by atoms with Crippen molar-refractivity contribution in [1.29, 1.82) is 0 Å². The summed E-state index contributed by atoms with van der Waals surface area (Å²) in [6.45, 7) is 7.31. The fourth-order valence-corrected chi connectivity index (χ4v) is 7.24. The minimum Gasteiger partial charge on any atom is -0.284 e. The lowest BCUT2D eigenvalue weighted by Gasteiger charge is -2.26. The van der Waals surface area contributed by atoms with Crippen LogP contribution < -0.4 is 0 Å². The monoisotopic (exact) mass is 500 g/mol. The maximum absolute atomic E-state index is 13.4. The fourth-order valence-electron chi connectivity index (χ4n) is 3.21. The number of carbonyl (C=O) groups is 1. The summed E-state index contributed by atoms with van der Waals surface area (Å²) < 4.78 is 94.6. The molecule has 0 bridgehead atoms. The van der Waals surface area contributed by atoms with Crippen molar-refractivity contribution >= 4 is 25.8 Å². The molecule has 1 aromatic rings. The lowest BCUT2D eigenvalue weighted by molar-refractivity contribution is -0.0885. The smallest absolute Gasteiger partial charge is 0.284 e. The van der Waals surface area contributed by atoms with Crippen LogP contribution in [-0.4, -0.2) is 63.6 Å². The van der Waals surface area contributed by atoms with E-state index in [9.17, 15) is 34.8 Å². The summed E-state index contributed by atoms with van der Waals surface area (Å²) in [5.74, 6) is -2.24. The van der Waals surface area contributed by atoms with Crippen LogP contribution in [0, 0.1) is 0 Å². The summed E-state index contributed by atoms with van der Waals surface area (Å²) in [5, 5.41) is 0. The Kier molecular flexibility index (Phi) is 10.3. The summed E-state index contributed by atoms with van der Waals surface area (Å²) in [4.78, 5) is 10.3. The Labute approximate surface area is 188 Å². The molecular weight excluding hydrogens is 469 g/mol. The van der Waals surface area contributed by atoms with Crippen LogP contribution in [0.3, 0.4) is 0 Å². The van der Waals surface area contributed by atoms with Crippen molar-refractivity contribution in [2.75, 3.05) is 26.2 Å². The van der Waals surface area contributed by atoms with Crippen molar-refractivity contribution in [2.24, 2.45) is 0 Å². The summed E-state index contributed by atoms with van der Waals surface area (Å²) in [7, 11) is -8.84. The Balaban J connectivity index is 3.87. The molecule has 1 aromatic carbocycles. The molecule has 7 nitrogen and oxygen atoms in total. The number of rotatable bonds is 13. The molecule has 0 fully saturated rings. The van der Waals surface area contributed by atoms with E-state index >= 15 is 0 Å². The molecule has 184 valence electrons. The topological polar surface area (TPSA) is 91.8 Å². The van der Waals surface area contributed by atoms with E-state index in [4.69, 9.17) is 0 Å². The molecule has 12 heteroatoms. The van der Waals surface area contributed by atoms with Crippen LogP contribution in [-0.2, 0) is 20.0 Å². The van der Waals surface area contributed by atoms with Crippen LogP contribution in [0.5, 0.6) is 0 Å². The first-order chi connectivity index (χ1) is 14.8. The largest absolute Gasteiger partial charge is 0.454 e. The van der Waals surface area contributed by atoms with E-state index in [1.807, 2.05) is 0 Å². The van der Waals surface area contributed by atoms with Gasteiger partial charge >= 0.3 is 6.18 Å². The van der Waals surface area contributed by atoms with E-state index < -0.39 is 47.4 Å². The van der Waals surface area contributed by atoms with E-state index in [0.717, 1.165) is 14.7 Å². The Morgan fingerprint density at radius 2 is 1.12 bits per heavy atom. The van der Waals surface area contributed by atoms with Gasteiger partial charge in [-0.25, -0.2) is 16.8 Å². The molecule has 0 amide bonds. The maximum atomic E-state index is 13.4. The third-order valence-electron chi connectivity index (χ3n) is 4.59. The molecule has 0 aliphatic heterocycles. The van der Waals surface area contributed by atoms with Crippen molar-refractivity contribution in [1.82, 2.24) is 8.61 Å². The summed E-state index contributed by atoms with van der Waals surface area (Å²) in [6, 6.07) is 2.03. The van der Waals surface area contributed by atoms with Crippen LogP contribution in [0.1, 0.15) is 63.7 Å². The van der Waals surface area contributed by atoms with Crippen LogP contribution in [0.2, 0.25) is 0 Å². The number of Topliss-reactive ketones (excluding diaryl/α,β-unsaturated/α-hetero) is 1. The van der Waals surface area contributed by atoms with Crippen molar-refractivity contribution in [3.63, 3.8) is 0 Å². The van der Waals surface area contributed by atoms with Gasteiger partial charge in [0.2, 0.25) is 20.0 Å². The number of benzene rings is 1. The van der Waals surface area contributed by atoms with Crippen LogP contribution in [0.4, 0.5) is 13.2 Å². The van der Waals surface area contributed by atoms with Crippen molar-refractivity contribution < 1.29 is 34.8 Å². The van der Waals surface area contributed by atoms with E-state index in [-0.39, 0.29) is 26.2 Å². The van der Waals surface area contributed by atoms with Gasteiger partial charge in [-0.3, -0.25) is 4.79 Å². The zero-order chi connectivity index (χ0) is 24.7. The zero-order valence-electron chi connectivity index (χ0n) is 18.8. The number of halogens is 3. The number of nitrogens with zero attached hydrogens (tertiary/aromatic N) is 2. The first-order valence-corrected chi connectivity index (χ1v) is 13.4. The predicted octanol–water partition coefficient (Wildman–Crippen LogP) is 4.05. The second-order valence-corrected chi connectivity index (χ2v) is 11.1. The standard InChI is InChI=1S/C20H31F3N2O5S2/c1-5-11-24(12-6-2)31(27,28)17-10-9-16(19(26)20(21,22)23)15-18(17)32(29,30)25(13-7-3)14-8-4/h9-10,15H,5-8,11-14H2,1-4H3. The quantitative estimate of drug-likeness (QED) is 0.381. The van der Waals surface area contributed by atoms with Gasteiger partial charge in [0.1, 0.15) is 9.79 Å². The summed E-state index contributed by atoms with van der Waals surface area (Å²) in [5.41, 5.74) is -0.930. The van der Waals surface area contributed by atoms with Crippen LogP contribution in [0.15, 0.2) is 28.0 Å². The van der Waals surface area contributed by atoms with Gasteiger partial charge in [0.25, 0.3) is 5.78 Å². The van der Waals surface area contributed by atoms with Gasteiger partial charge in [0, 0.05) is 31.7 Å². The van der Waals surface area contributed by atoms with Crippen molar-refractivity contribution in [2.45, 2.75) is 69.3 Å². The molecule has 0 saturated carbocycles. The Hall–Kier alpha value is -1.50. The highest BCUT2D eigenvalue weighted by molar-refractivity contribution is 7.92. The third kappa shape index (κ3) is 6.52. The van der Waals surface area contributed by atoms with Gasteiger partial charge < -0.3 is 0 Å². The summed E-state index contributed by atoms with van der Waals surface area (Å²) in [6.07, 6.45) is -3.47. The average Bonchev–Trinajstić information content (AvgIpc) is 2.71. The van der Waals surface area contributed by atoms with Crippen molar-refractivity contribution in [3.05, 3.63) is 23.8 Å². The minimum absolute atomic E-state index is 0.0563. The minimum atomic E-state index is -5.23. The normalized spacial score (nSPS) is 13.2. The number of ketones is 1. The maximum Gasteiger partial charge on any atom is 0.454 e. The second-order valence-electron chi connectivity index (χ2n) is 7.30. The van der Waals surface area contributed by atoms with E-state index in [1.165, 1.54) is 0 Å². The highest BCUT2D eigenvalue weighted by Crippen LogP contribution is 2.31. The van der Waals surface area contributed by atoms with Crippen LogP contribution >= 0.6 is 0 Å². The number of hydrogen-bond donors (Lipinski definition) is 0. The highest BCUT2D eigenvalue weighted by atomic mass is 32.2. The Morgan fingerprint density at radius 3 is 1.47 bits per heavy atom. The molecule has 0 atom stereocenters. The fraction of sp³-hybridized carbons (Fsp3) is 0.650. The summed E-state index contributed by atoms with van der Waals surface area (Å²) >= 11 is 0. The van der Waals surface area contributed by atoms with Gasteiger partial charge in [0.15, 0.2) is 0 Å². The zero-order valence-corrected chi connectivity index (χ0v) is 20.4. The Bertz CT molecular complexity index is 981. The predicted molar refractivity (Wildman–Crippen MR) is 116 cm³/mol. The highest BCUT2D eigenvalue weighted by Gasteiger charge is 2.41. The number of sulfonamides is 2. The molecule has 0 radical (unpaired) electrons. The van der Waals surface area contributed by atoms with Gasteiger partial charge in [-0.2, -0.15) is 21.8 Å². The number of carbonyl (C=O) groups excluding carboxylic acids is 1. The molecule has 0 unspecified atom stereocenters. The number of alkyl halides is 3. The van der Waals surface area contributed by atoms with E-state index in [0.29, 0.717) is 37.8 Å². The first-order valence-electron chi connectivity index (χ1n) is 10.5. The van der Waals surface area contributed by atoms with Crippen molar-refractivity contribution in [3.8, 4) is 0 Å². The third-order valence-corrected chi connectivity index (χ3v) is 8.62. The van der Waals surface area contributed by atoms with Gasteiger partial charge in [-0.1, -0.05) is 27.7 Å². The van der Waals surface area contributed by atoms with E-state index in [1.54, 1.807) is 27.7 Å². The Morgan fingerprint density at radius 1 is 0.750 bits per heavy atom. The first kappa shape index (κ1) is 28.5. The molecule has 0 aromatic heterocycles. The van der Waals surface area contributed by atoms with E-state index in [2.05, 4.69) is 0 Å². The lowest BCUT2D eigenvalue weighted by atomic mass is 10.1. The van der Waals surface area contributed by atoms with Crippen LogP contribution in [0.25, 0.3) is 0 Å². The lowest BCUT2D eigenvalue weighted by Crippen LogP contribution is -2.37. The SMILES string of the molecule is CCCN(CCC)S(=O)(=O)c1ccc(C(=O)C(F)(F)F)cc1S(=O)(=O)N(CCC)CCC. The molecule has 0 saturated heterocycles. The molecule has 0 N–H and O–H groups in total. The van der Waals surface area contributed by atoms with Gasteiger partial charge in [-0.15, -0.1) is 0 Å². The average molecular weight is 501 g/mol. The molecule has 0 aliphatic carbocycles. The molecule has 0 spiro atoms. The molecule has 32 heavy (non-hydrogen) atoms. The molecule has 0 heterocycles. The number of hydrogen-bond acceptors (Lipinski definition) is 5. The molecule has 0 aliphatic rings. The second kappa shape index (κ2) is 11.6.